The van der Waals surface area contributed by atoms with Crippen molar-refractivity contribution in [2.75, 3.05) is 52.4 Å². The highest BCUT2D eigenvalue weighted by atomic mass is 32.2. The van der Waals surface area contributed by atoms with E-state index in [0.29, 0.717) is 18.7 Å². The molecule has 0 saturated carbocycles. The summed E-state index contributed by atoms with van der Waals surface area (Å²) in [6, 6.07) is 6.20. The van der Waals surface area contributed by atoms with E-state index < -0.39 is 10.0 Å². The molecule has 0 unspecified atom stereocenters. The first-order valence-corrected chi connectivity index (χ1v) is 13.9. The number of nitrogens with one attached hydrogen (secondary N) is 2. The monoisotopic (exact) mass is 464 g/mol. The van der Waals surface area contributed by atoms with Gasteiger partial charge < -0.3 is 15.1 Å². The summed E-state index contributed by atoms with van der Waals surface area (Å²) in [6.45, 7) is 7.88. The first kappa shape index (κ1) is 25.1. The average Bonchev–Trinajstić information content (AvgIpc) is 3.33. The summed E-state index contributed by atoms with van der Waals surface area (Å²) in [5, 5.41) is 2.94. The van der Waals surface area contributed by atoms with Gasteiger partial charge in [-0.2, -0.15) is 0 Å². The van der Waals surface area contributed by atoms with Gasteiger partial charge in [-0.05, 0) is 108 Å². The van der Waals surface area contributed by atoms with Crippen LogP contribution in [0.2, 0.25) is 0 Å². The normalized spacial score (nSPS) is 18.1. The van der Waals surface area contributed by atoms with Crippen molar-refractivity contribution in [3.05, 3.63) is 29.8 Å². The Morgan fingerprint density at radius 3 is 2.00 bits per heavy atom. The molecule has 2 fully saturated rings. The Balaban J connectivity index is 1.31. The maximum Gasteiger partial charge on any atom is 0.251 e. The molecule has 2 N–H and O–H groups in total. The van der Waals surface area contributed by atoms with Gasteiger partial charge in [0, 0.05) is 18.7 Å². The predicted molar refractivity (Wildman–Crippen MR) is 128 cm³/mol. The number of likely N-dealkylation sites (tertiary alicyclic amines) is 2. The number of carbonyl (C=O) groups excluding carboxylic acids is 1. The number of piperidine rings is 1. The van der Waals surface area contributed by atoms with Crippen LogP contribution >= 0.6 is 0 Å². The summed E-state index contributed by atoms with van der Waals surface area (Å²) in [6.07, 6.45) is 10.5. The molecule has 0 radical (unpaired) electrons. The van der Waals surface area contributed by atoms with E-state index in [4.69, 9.17) is 0 Å². The van der Waals surface area contributed by atoms with E-state index in [1.54, 1.807) is 12.1 Å². The Labute approximate surface area is 194 Å². The van der Waals surface area contributed by atoms with Gasteiger partial charge in [0.1, 0.15) is 0 Å². The van der Waals surface area contributed by atoms with Crippen molar-refractivity contribution in [1.29, 1.82) is 0 Å². The fourth-order valence-electron chi connectivity index (χ4n) is 4.51. The molecule has 2 saturated heterocycles. The minimum Gasteiger partial charge on any atom is -0.352 e. The fraction of sp³-hybridized carbons (Fsp3) is 0.708. The lowest BCUT2D eigenvalue weighted by atomic mass is 10.1. The third-order valence-electron chi connectivity index (χ3n) is 6.45. The molecule has 0 atom stereocenters. The maximum atomic E-state index is 12.5. The second kappa shape index (κ2) is 13.3. The number of unbranched alkanes of at least 4 members (excludes halogenated alkanes) is 2. The van der Waals surface area contributed by atoms with E-state index in [1.165, 1.54) is 63.7 Å². The average molecular weight is 465 g/mol. The quantitative estimate of drug-likeness (QED) is 0.439. The van der Waals surface area contributed by atoms with Gasteiger partial charge in [0.2, 0.25) is 10.0 Å². The van der Waals surface area contributed by atoms with Gasteiger partial charge in [0.05, 0.1) is 4.90 Å². The SMILES string of the molecule is O=C(NCCCCCN1CCCCC1)c1ccc(S(=O)(=O)NCCCN2CCCC2)cc1. The van der Waals surface area contributed by atoms with Crippen molar-refractivity contribution < 1.29 is 13.2 Å². The van der Waals surface area contributed by atoms with Crippen LogP contribution in [0.25, 0.3) is 0 Å². The number of rotatable bonds is 13. The minimum absolute atomic E-state index is 0.149. The number of carbonyl (C=O) groups is 1. The lowest BCUT2D eigenvalue weighted by Crippen LogP contribution is -2.30. The summed E-state index contributed by atoms with van der Waals surface area (Å²) < 4.78 is 27.6. The maximum absolute atomic E-state index is 12.5. The van der Waals surface area contributed by atoms with Crippen LogP contribution in [-0.4, -0.2) is 76.5 Å². The van der Waals surface area contributed by atoms with Crippen LogP contribution in [0.3, 0.4) is 0 Å². The molecule has 7 nitrogen and oxygen atoms in total. The third kappa shape index (κ3) is 8.46. The Morgan fingerprint density at radius 2 is 1.34 bits per heavy atom. The molecular weight excluding hydrogens is 424 g/mol. The van der Waals surface area contributed by atoms with Gasteiger partial charge in [-0.1, -0.05) is 12.8 Å². The predicted octanol–water partition coefficient (Wildman–Crippen LogP) is 2.84. The van der Waals surface area contributed by atoms with Crippen LogP contribution in [0.1, 0.15) is 68.1 Å². The largest absolute Gasteiger partial charge is 0.352 e. The summed E-state index contributed by atoms with van der Waals surface area (Å²) in [7, 11) is -3.54. The summed E-state index contributed by atoms with van der Waals surface area (Å²) in [5.74, 6) is -0.149. The summed E-state index contributed by atoms with van der Waals surface area (Å²) in [4.78, 5) is 17.4. The Morgan fingerprint density at radius 1 is 0.750 bits per heavy atom. The molecule has 8 heteroatoms. The molecular formula is C24H40N4O3S. The van der Waals surface area contributed by atoms with E-state index >= 15 is 0 Å². The number of hydrogen-bond acceptors (Lipinski definition) is 5. The molecule has 3 rings (SSSR count). The number of sulfonamides is 1. The summed E-state index contributed by atoms with van der Waals surface area (Å²) in [5.41, 5.74) is 0.492. The van der Waals surface area contributed by atoms with E-state index in [1.807, 2.05) is 0 Å². The zero-order valence-electron chi connectivity index (χ0n) is 19.4. The molecule has 2 aliphatic rings. The minimum atomic E-state index is -3.54. The second-order valence-electron chi connectivity index (χ2n) is 9.04. The van der Waals surface area contributed by atoms with Crippen molar-refractivity contribution in [3.63, 3.8) is 0 Å². The van der Waals surface area contributed by atoms with Gasteiger partial charge in [-0.3, -0.25) is 4.79 Å². The van der Waals surface area contributed by atoms with Gasteiger partial charge >= 0.3 is 0 Å². The zero-order valence-corrected chi connectivity index (χ0v) is 20.2. The number of benzene rings is 1. The van der Waals surface area contributed by atoms with Crippen molar-refractivity contribution in [2.24, 2.45) is 0 Å². The molecule has 2 aliphatic heterocycles. The van der Waals surface area contributed by atoms with Crippen molar-refractivity contribution >= 4 is 15.9 Å². The highest BCUT2D eigenvalue weighted by Crippen LogP contribution is 2.12. The van der Waals surface area contributed by atoms with Crippen LogP contribution in [0.4, 0.5) is 0 Å². The van der Waals surface area contributed by atoms with Crippen LogP contribution in [0, 0.1) is 0 Å². The molecule has 0 bridgehead atoms. The van der Waals surface area contributed by atoms with E-state index in [2.05, 4.69) is 19.8 Å². The number of hydrogen-bond donors (Lipinski definition) is 2. The standard InChI is InChI=1S/C24H40N4O3S/c29-24(25-14-3-1-4-16-27-17-5-2-6-18-27)22-10-12-23(13-11-22)32(30,31)26-15-9-21-28-19-7-8-20-28/h10-13,26H,1-9,14-21H2,(H,25,29). The van der Waals surface area contributed by atoms with E-state index in [-0.39, 0.29) is 10.8 Å². The van der Waals surface area contributed by atoms with Crippen molar-refractivity contribution in [2.45, 2.75) is 62.7 Å². The van der Waals surface area contributed by atoms with E-state index in [0.717, 1.165) is 45.4 Å². The molecule has 0 spiro atoms. The Bertz CT molecular complexity index is 786. The number of nitrogens with zero attached hydrogens (tertiary/aromatic N) is 2. The molecule has 1 amide bonds. The van der Waals surface area contributed by atoms with Crippen molar-refractivity contribution in [1.82, 2.24) is 19.8 Å². The van der Waals surface area contributed by atoms with Crippen LogP contribution in [0.15, 0.2) is 29.2 Å². The highest BCUT2D eigenvalue weighted by Gasteiger charge is 2.16. The van der Waals surface area contributed by atoms with Crippen LogP contribution < -0.4 is 10.0 Å². The molecule has 32 heavy (non-hydrogen) atoms. The molecule has 0 aromatic heterocycles. The number of amides is 1. The Hall–Kier alpha value is -1.48. The lowest BCUT2D eigenvalue weighted by Gasteiger charge is -2.26. The molecule has 0 aliphatic carbocycles. The van der Waals surface area contributed by atoms with Crippen molar-refractivity contribution in [3.8, 4) is 0 Å². The van der Waals surface area contributed by atoms with Gasteiger partial charge in [0.15, 0.2) is 0 Å². The molecule has 1 aromatic rings. The second-order valence-corrected chi connectivity index (χ2v) is 10.8. The van der Waals surface area contributed by atoms with Crippen LogP contribution in [-0.2, 0) is 10.0 Å². The lowest BCUT2D eigenvalue weighted by molar-refractivity contribution is 0.0952. The van der Waals surface area contributed by atoms with E-state index in [9.17, 15) is 13.2 Å². The van der Waals surface area contributed by atoms with Gasteiger partial charge in [0.25, 0.3) is 5.91 Å². The third-order valence-corrected chi connectivity index (χ3v) is 7.93. The highest BCUT2D eigenvalue weighted by molar-refractivity contribution is 7.89. The summed E-state index contributed by atoms with van der Waals surface area (Å²) >= 11 is 0. The van der Waals surface area contributed by atoms with Gasteiger partial charge in [-0.15, -0.1) is 0 Å². The zero-order chi connectivity index (χ0) is 22.7. The first-order valence-electron chi connectivity index (χ1n) is 12.4. The van der Waals surface area contributed by atoms with Gasteiger partial charge in [-0.25, -0.2) is 13.1 Å². The Kier molecular flexibility index (Phi) is 10.4. The topological polar surface area (TPSA) is 81.8 Å². The smallest absolute Gasteiger partial charge is 0.251 e. The van der Waals surface area contributed by atoms with Crippen LogP contribution in [0.5, 0.6) is 0 Å². The first-order chi connectivity index (χ1) is 15.5. The molecule has 1 aromatic carbocycles. The molecule has 180 valence electrons. The molecule has 2 heterocycles. The fourth-order valence-corrected chi connectivity index (χ4v) is 5.58.